The Morgan fingerprint density at radius 1 is 1.16 bits per heavy atom. The number of carbonyl (C=O) groups is 2. The molecule has 11 nitrogen and oxygen atoms in total. The van der Waals surface area contributed by atoms with Gasteiger partial charge in [-0.2, -0.15) is 0 Å². The SMILES string of the molecule is CCOC(=O)Oc1nn(CC(=O)Nc2cccc(F)c2)cc1Nc1ncnc2cc(OCCCCl)ccc12. The lowest BCUT2D eigenvalue weighted by atomic mass is 10.2. The summed E-state index contributed by atoms with van der Waals surface area (Å²) in [6, 6.07) is 10.8. The van der Waals surface area contributed by atoms with E-state index in [1.807, 2.05) is 0 Å². The standard InChI is InChI=1S/C25H24ClFN6O5/c1-2-36-25(35)38-24-21(13-33(32-24)14-22(34)30-17-6-3-5-16(27)11-17)31-23-19-8-7-18(37-10-4-9-26)12-20(19)28-15-29-23/h3,5-8,11-13,15H,2,4,9-10,14H2,1H3,(H,30,34)(H,28,29,31). The second-order valence-electron chi connectivity index (χ2n) is 7.81. The summed E-state index contributed by atoms with van der Waals surface area (Å²) in [5.41, 5.74) is 1.15. The lowest BCUT2D eigenvalue weighted by Gasteiger charge is -2.10. The first kappa shape index (κ1) is 26.6. The number of anilines is 3. The molecule has 2 N–H and O–H groups in total. The van der Waals surface area contributed by atoms with E-state index in [2.05, 4.69) is 25.7 Å². The van der Waals surface area contributed by atoms with E-state index in [9.17, 15) is 14.0 Å². The van der Waals surface area contributed by atoms with Crippen LogP contribution in [0, 0.1) is 5.82 Å². The molecule has 2 heterocycles. The van der Waals surface area contributed by atoms with Crippen molar-refractivity contribution < 1.29 is 28.2 Å². The van der Waals surface area contributed by atoms with E-state index in [1.165, 1.54) is 35.4 Å². The first-order chi connectivity index (χ1) is 18.4. The number of halogens is 2. The number of rotatable bonds is 11. The highest BCUT2D eigenvalue weighted by atomic mass is 35.5. The third-order valence-electron chi connectivity index (χ3n) is 4.99. The molecular weight excluding hydrogens is 519 g/mol. The van der Waals surface area contributed by atoms with Crippen LogP contribution in [-0.4, -0.2) is 50.9 Å². The van der Waals surface area contributed by atoms with Crippen molar-refractivity contribution in [3.8, 4) is 11.6 Å². The van der Waals surface area contributed by atoms with Crippen molar-refractivity contribution in [2.45, 2.75) is 19.9 Å². The van der Waals surface area contributed by atoms with Crippen LogP contribution in [0.1, 0.15) is 13.3 Å². The van der Waals surface area contributed by atoms with E-state index in [1.54, 1.807) is 31.2 Å². The molecule has 0 atom stereocenters. The maximum atomic E-state index is 13.4. The lowest BCUT2D eigenvalue weighted by molar-refractivity contribution is -0.116. The first-order valence-corrected chi connectivity index (χ1v) is 12.2. The number of aromatic nitrogens is 4. The third-order valence-corrected chi connectivity index (χ3v) is 5.26. The largest absolute Gasteiger partial charge is 0.515 e. The van der Waals surface area contributed by atoms with E-state index in [0.717, 1.165) is 0 Å². The van der Waals surface area contributed by atoms with Crippen LogP contribution in [0.3, 0.4) is 0 Å². The zero-order chi connectivity index (χ0) is 26.9. The van der Waals surface area contributed by atoms with Gasteiger partial charge in [-0.25, -0.2) is 19.2 Å². The molecule has 4 rings (SSSR count). The Labute approximate surface area is 221 Å². The number of benzene rings is 2. The Kier molecular flexibility index (Phi) is 8.88. The van der Waals surface area contributed by atoms with E-state index in [0.29, 0.717) is 47.1 Å². The van der Waals surface area contributed by atoms with Crippen molar-refractivity contribution in [2.24, 2.45) is 0 Å². The highest BCUT2D eigenvalue weighted by Crippen LogP contribution is 2.30. The van der Waals surface area contributed by atoms with Gasteiger partial charge in [0.1, 0.15) is 35.9 Å². The quantitative estimate of drug-likeness (QED) is 0.154. The van der Waals surface area contributed by atoms with Gasteiger partial charge in [0.05, 0.1) is 24.9 Å². The zero-order valence-electron chi connectivity index (χ0n) is 20.3. The molecule has 0 unspecified atom stereocenters. The number of ether oxygens (including phenoxy) is 3. The van der Waals surface area contributed by atoms with Crippen LogP contribution in [0.25, 0.3) is 10.9 Å². The van der Waals surface area contributed by atoms with E-state index in [-0.39, 0.29) is 24.7 Å². The molecular formula is C25H24ClFN6O5. The smallest absolute Gasteiger partial charge is 0.493 e. The van der Waals surface area contributed by atoms with Gasteiger partial charge in [-0.15, -0.1) is 16.7 Å². The Morgan fingerprint density at radius 3 is 2.82 bits per heavy atom. The summed E-state index contributed by atoms with van der Waals surface area (Å²) >= 11 is 5.70. The number of nitrogens with zero attached hydrogens (tertiary/aromatic N) is 4. The van der Waals surface area contributed by atoms with Gasteiger partial charge in [-0.05, 0) is 43.7 Å². The van der Waals surface area contributed by atoms with E-state index in [4.69, 9.17) is 25.8 Å². The van der Waals surface area contributed by atoms with Gasteiger partial charge in [0.25, 0.3) is 5.88 Å². The Morgan fingerprint density at radius 2 is 2.03 bits per heavy atom. The van der Waals surface area contributed by atoms with Crippen molar-refractivity contribution in [1.29, 1.82) is 0 Å². The van der Waals surface area contributed by atoms with Crippen molar-refractivity contribution >= 4 is 51.8 Å². The highest BCUT2D eigenvalue weighted by Gasteiger charge is 2.18. The molecule has 0 aliphatic carbocycles. The molecule has 0 bridgehead atoms. The Balaban J connectivity index is 1.56. The van der Waals surface area contributed by atoms with Crippen molar-refractivity contribution in [2.75, 3.05) is 29.7 Å². The van der Waals surface area contributed by atoms with Gasteiger partial charge in [-0.1, -0.05) is 6.07 Å². The molecule has 4 aromatic rings. The molecule has 2 aromatic carbocycles. The fourth-order valence-electron chi connectivity index (χ4n) is 3.38. The van der Waals surface area contributed by atoms with E-state index >= 15 is 0 Å². The summed E-state index contributed by atoms with van der Waals surface area (Å²) in [6.07, 6.45) is 2.59. The fraction of sp³-hybridized carbons (Fsp3) is 0.240. The monoisotopic (exact) mass is 542 g/mol. The minimum absolute atomic E-state index is 0.101. The van der Waals surface area contributed by atoms with Crippen LogP contribution >= 0.6 is 11.6 Å². The van der Waals surface area contributed by atoms with Gasteiger partial charge >= 0.3 is 6.16 Å². The number of alkyl halides is 1. The number of nitrogens with one attached hydrogen (secondary N) is 2. The molecule has 1 amide bonds. The van der Waals surface area contributed by atoms with Crippen molar-refractivity contribution in [3.63, 3.8) is 0 Å². The van der Waals surface area contributed by atoms with Crippen LogP contribution in [0.4, 0.5) is 26.4 Å². The molecule has 0 aliphatic rings. The summed E-state index contributed by atoms with van der Waals surface area (Å²) in [5, 5.41) is 10.5. The topological polar surface area (TPSA) is 129 Å². The molecule has 0 spiro atoms. The first-order valence-electron chi connectivity index (χ1n) is 11.6. The molecule has 0 aliphatic heterocycles. The van der Waals surface area contributed by atoms with Crippen LogP contribution < -0.4 is 20.1 Å². The molecule has 198 valence electrons. The maximum absolute atomic E-state index is 13.4. The predicted molar refractivity (Wildman–Crippen MR) is 139 cm³/mol. The second kappa shape index (κ2) is 12.7. The molecule has 2 aromatic heterocycles. The molecule has 0 radical (unpaired) electrons. The third kappa shape index (κ3) is 7.07. The normalized spacial score (nSPS) is 10.7. The summed E-state index contributed by atoms with van der Waals surface area (Å²) in [5.74, 6) is 0.455. The van der Waals surface area contributed by atoms with Gasteiger partial charge in [-0.3, -0.25) is 9.48 Å². The second-order valence-corrected chi connectivity index (χ2v) is 8.18. The summed E-state index contributed by atoms with van der Waals surface area (Å²) < 4.78 is 30.5. The van der Waals surface area contributed by atoms with Crippen LogP contribution in [0.5, 0.6) is 11.6 Å². The molecule has 0 saturated carbocycles. The highest BCUT2D eigenvalue weighted by molar-refractivity contribution is 6.17. The maximum Gasteiger partial charge on any atom is 0.515 e. The Hall–Kier alpha value is -4.45. The van der Waals surface area contributed by atoms with Crippen molar-refractivity contribution in [1.82, 2.24) is 19.7 Å². The minimum Gasteiger partial charge on any atom is -0.493 e. The fourth-order valence-corrected chi connectivity index (χ4v) is 3.49. The lowest BCUT2D eigenvalue weighted by Crippen LogP contribution is -2.19. The minimum atomic E-state index is -0.962. The average molecular weight is 543 g/mol. The zero-order valence-corrected chi connectivity index (χ0v) is 21.1. The number of hydrogen-bond acceptors (Lipinski definition) is 9. The van der Waals surface area contributed by atoms with Crippen molar-refractivity contribution in [3.05, 3.63) is 60.8 Å². The summed E-state index contributed by atoms with van der Waals surface area (Å²) in [7, 11) is 0. The van der Waals surface area contributed by atoms with Gasteiger partial charge in [0, 0.05) is 23.0 Å². The predicted octanol–water partition coefficient (Wildman–Crippen LogP) is 4.89. The van der Waals surface area contributed by atoms with Crippen LogP contribution in [0.2, 0.25) is 0 Å². The van der Waals surface area contributed by atoms with Gasteiger partial charge < -0.3 is 24.8 Å². The van der Waals surface area contributed by atoms with Crippen LogP contribution in [-0.2, 0) is 16.1 Å². The molecule has 0 fully saturated rings. The average Bonchev–Trinajstić information content (AvgIpc) is 3.24. The molecule has 38 heavy (non-hydrogen) atoms. The molecule has 0 saturated heterocycles. The molecule has 13 heteroatoms. The number of carbonyl (C=O) groups excluding carboxylic acids is 2. The van der Waals surface area contributed by atoms with E-state index < -0.39 is 17.9 Å². The number of amides is 1. The van der Waals surface area contributed by atoms with Crippen LogP contribution in [0.15, 0.2) is 55.0 Å². The summed E-state index contributed by atoms with van der Waals surface area (Å²) in [4.78, 5) is 33.1. The Bertz CT molecular complexity index is 1430. The number of hydrogen-bond donors (Lipinski definition) is 2. The van der Waals surface area contributed by atoms with Gasteiger partial charge in [0.15, 0.2) is 0 Å². The van der Waals surface area contributed by atoms with Gasteiger partial charge in [0.2, 0.25) is 5.91 Å². The summed E-state index contributed by atoms with van der Waals surface area (Å²) in [6.45, 7) is 1.97. The number of fused-ring (bicyclic) bond motifs is 1.